The zero-order valence-electron chi connectivity index (χ0n) is 16.6. The van der Waals surface area contributed by atoms with Gasteiger partial charge in [0.2, 0.25) is 19.5 Å². The minimum Gasteiger partial charge on any atom is -0.454 e. The first-order chi connectivity index (χ1) is 14.7. The van der Waals surface area contributed by atoms with E-state index in [1.54, 1.807) is 0 Å². The lowest BCUT2D eigenvalue weighted by Gasteiger charge is -2.24. The number of aryl methyl sites for hydroxylation is 1. The highest BCUT2D eigenvalue weighted by Gasteiger charge is 2.26. The number of ether oxygens (including phenoxy) is 4. The van der Waals surface area contributed by atoms with Crippen LogP contribution in [0.5, 0.6) is 23.0 Å². The largest absolute Gasteiger partial charge is 0.454 e. The molecule has 0 unspecified atom stereocenters. The van der Waals surface area contributed by atoms with Gasteiger partial charge >= 0.3 is 0 Å². The van der Waals surface area contributed by atoms with Crippen molar-refractivity contribution < 1.29 is 23.7 Å². The maximum Gasteiger partial charge on any atom is 0.247 e. The number of nitrogens with zero attached hydrogens (tertiary/aromatic N) is 2. The van der Waals surface area contributed by atoms with Crippen LogP contribution in [0.25, 0.3) is 22.0 Å². The molecule has 6 rings (SSSR count). The molecule has 30 heavy (non-hydrogen) atoms. The number of hydrogen-bond acceptors (Lipinski definition) is 5. The van der Waals surface area contributed by atoms with Crippen LogP contribution in [0.15, 0.2) is 35.3 Å². The van der Waals surface area contributed by atoms with E-state index < -0.39 is 0 Å². The van der Waals surface area contributed by atoms with E-state index in [1.807, 2.05) is 25.1 Å². The van der Waals surface area contributed by atoms with Gasteiger partial charge in [0.1, 0.15) is 5.49 Å². The molecule has 7 nitrogen and oxygen atoms in total. The molecule has 3 aromatic rings. The standard InChI is InChI=1S/C23H20N2O5/c1-2-3-20(26)24-23-21-14(4-5-17-22(21)30-12-27-17)8-16-15-10-19-18(28-11-29-19)9-13(15)6-7-25(16)23/h4-5,8-10H,2-3,6-7,11-12H2,1H3. The van der Waals surface area contributed by atoms with Gasteiger partial charge in [-0.3, -0.25) is 4.79 Å². The van der Waals surface area contributed by atoms with Gasteiger partial charge in [0.05, 0.1) is 11.1 Å². The number of aromatic nitrogens is 1. The fraction of sp³-hybridized carbons (Fsp3) is 0.304. The second-order valence-corrected chi connectivity index (χ2v) is 7.64. The molecule has 1 amide bonds. The van der Waals surface area contributed by atoms with E-state index >= 15 is 0 Å². The number of amides is 1. The highest BCUT2D eigenvalue weighted by Crippen LogP contribution is 2.43. The Kier molecular flexibility index (Phi) is 3.78. The lowest BCUT2D eigenvalue weighted by Crippen LogP contribution is -2.28. The number of pyridine rings is 1. The Labute approximate surface area is 172 Å². The van der Waals surface area contributed by atoms with Crippen LogP contribution in [-0.4, -0.2) is 24.1 Å². The van der Waals surface area contributed by atoms with Crippen LogP contribution in [0, 0.1) is 0 Å². The van der Waals surface area contributed by atoms with Gasteiger partial charge in [0, 0.05) is 18.5 Å². The highest BCUT2D eigenvalue weighted by atomic mass is 16.7. The second-order valence-electron chi connectivity index (χ2n) is 7.64. The molecule has 3 aliphatic heterocycles. The van der Waals surface area contributed by atoms with Gasteiger partial charge in [-0.05, 0) is 48.1 Å². The van der Waals surface area contributed by atoms with Crippen LogP contribution in [0.1, 0.15) is 25.3 Å². The molecule has 0 aliphatic carbocycles. The summed E-state index contributed by atoms with van der Waals surface area (Å²) in [7, 11) is 0. The Morgan fingerprint density at radius 2 is 1.83 bits per heavy atom. The Hall–Kier alpha value is -3.48. The van der Waals surface area contributed by atoms with E-state index in [-0.39, 0.29) is 19.5 Å². The first kappa shape index (κ1) is 17.4. The van der Waals surface area contributed by atoms with Crippen molar-refractivity contribution in [2.45, 2.75) is 32.7 Å². The van der Waals surface area contributed by atoms with E-state index in [2.05, 4.69) is 21.7 Å². The van der Waals surface area contributed by atoms with Crippen molar-refractivity contribution >= 4 is 16.7 Å². The van der Waals surface area contributed by atoms with Gasteiger partial charge < -0.3 is 23.5 Å². The maximum atomic E-state index is 12.6. The summed E-state index contributed by atoms with van der Waals surface area (Å²) < 4.78 is 24.6. The van der Waals surface area contributed by atoms with Crippen molar-refractivity contribution in [3.63, 3.8) is 0 Å². The average Bonchev–Trinajstić information content (AvgIpc) is 3.40. The first-order valence-electron chi connectivity index (χ1n) is 10.2. The summed E-state index contributed by atoms with van der Waals surface area (Å²) in [5, 5.41) is 1.78. The lowest BCUT2D eigenvalue weighted by atomic mass is 9.95. The fourth-order valence-electron chi connectivity index (χ4n) is 4.43. The van der Waals surface area contributed by atoms with Crippen LogP contribution in [0.2, 0.25) is 0 Å². The molecule has 2 aromatic carbocycles. The summed E-state index contributed by atoms with van der Waals surface area (Å²) in [6.45, 7) is 3.10. The minimum absolute atomic E-state index is 0.132. The molecule has 0 atom stereocenters. The molecular formula is C23H20N2O5. The Morgan fingerprint density at radius 3 is 2.70 bits per heavy atom. The number of benzene rings is 2. The molecule has 3 aliphatic rings. The summed E-state index contributed by atoms with van der Waals surface area (Å²) in [4.78, 5) is 17.1. The molecule has 0 spiro atoms. The summed E-state index contributed by atoms with van der Waals surface area (Å²) in [6.07, 6.45) is 1.98. The third kappa shape index (κ3) is 2.51. The fourth-order valence-corrected chi connectivity index (χ4v) is 4.43. The molecule has 0 fully saturated rings. The van der Waals surface area contributed by atoms with Crippen molar-refractivity contribution in [2.24, 2.45) is 4.99 Å². The van der Waals surface area contributed by atoms with Crippen molar-refractivity contribution in [3.8, 4) is 34.3 Å². The van der Waals surface area contributed by atoms with E-state index in [9.17, 15) is 4.79 Å². The molecule has 0 saturated heterocycles. The molecule has 0 N–H and O–H groups in total. The molecule has 0 radical (unpaired) electrons. The first-order valence-corrected chi connectivity index (χ1v) is 10.2. The zero-order valence-corrected chi connectivity index (χ0v) is 16.6. The summed E-state index contributed by atoms with van der Waals surface area (Å²) in [5.41, 5.74) is 3.91. The Bertz CT molecular complexity index is 1290. The second kappa shape index (κ2) is 6.52. The normalized spacial score (nSPS) is 16.0. The SMILES string of the molecule is CCCC(=O)N=c1c2c3c(ccc2cc2n1CCc1cc4c(cc1-2)OCO4)OCO3. The monoisotopic (exact) mass is 404 g/mol. The minimum atomic E-state index is -0.132. The van der Waals surface area contributed by atoms with Gasteiger partial charge in [-0.15, -0.1) is 0 Å². The molecule has 0 bridgehead atoms. The van der Waals surface area contributed by atoms with Crippen LogP contribution in [0.4, 0.5) is 0 Å². The molecule has 0 saturated carbocycles. The third-order valence-electron chi connectivity index (χ3n) is 5.81. The van der Waals surface area contributed by atoms with E-state index in [1.165, 1.54) is 5.56 Å². The number of carbonyl (C=O) groups is 1. The highest BCUT2D eigenvalue weighted by molar-refractivity contribution is 5.94. The topological polar surface area (TPSA) is 71.3 Å². The summed E-state index contributed by atoms with van der Waals surface area (Å²) in [5.74, 6) is 2.74. The molecule has 4 heterocycles. The quantitative estimate of drug-likeness (QED) is 0.653. The molecule has 7 heteroatoms. The lowest BCUT2D eigenvalue weighted by molar-refractivity contribution is -0.118. The van der Waals surface area contributed by atoms with Crippen LogP contribution in [-0.2, 0) is 17.8 Å². The van der Waals surface area contributed by atoms with Crippen LogP contribution >= 0.6 is 0 Å². The average molecular weight is 404 g/mol. The number of fused-ring (bicyclic) bond motifs is 7. The van der Waals surface area contributed by atoms with Crippen molar-refractivity contribution in [3.05, 3.63) is 41.4 Å². The summed E-state index contributed by atoms with van der Waals surface area (Å²) in [6, 6.07) is 10.1. The van der Waals surface area contributed by atoms with Gasteiger partial charge in [-0.25, -0.2) is 0 Å². The van der Waals surface area contributed by atoms with E-state index in [0.717, 1.165) is 46.4 Å². The summed E-state index contributed by atoms with van der Waals surface area (Å²) >= 11 is 0. The van der Waals surface area contributed by atoms with Gasteiger partial charge in [-0.2, -0.15) is 4.99 Å². The number of rotatable bonds is 2. The van der Waals surface area contributed by atoms with E-state index in [0.29, 0.717) is 30.0 Å². The molecular weight excluding hydrogens is 384 g/mol. The van der Waals surface area contributed by atoms with Crippen LogP contribution < -0.4 is 24.4 Å². The van der Waals surface area contributed by atoms with Gasteiger partial charge in [-0.1, -0.05) is 13.0 Å². The van der Waals surface area contributed by atoms with Gasteiger partial charge in [0.25, 0.3) is 0 Å². The zero-order chi connectivity index (χ0) is 20.2. The smallest absolute Gasteiger partial charge is 0.247 e. The molecule has 152 valence electrons. The maximum absolute atomic E-state index is 12.6. The van der Waals surface area contributed by atoms with Crippen LogP contribution in [0.3, 0.4) is 0 Å². The van der Waals surface area contributed by atoms with E-state index in [4.69, 9.17) is 18.9 Å². The Balaban J connectivity index is 1.68. The molecule has 1 aromatic heterocycles. The van der Waals surface area contributed by atoms with Gasteiger partial charge in [0.15, 0.2) is 23.0 Å². The predicted octanol–water partition coefficient (Wildman–Crippen LogP) is 3.55. The number of carbonyl (C=O) groups excluding carboxylic acids is 1. The number of hydrogen-bond donors (Lipinski definition) is 0. The van der Waals surface area contributed by atoms with Crippen molar-refractivity contribution in [2.75, 3.05) is 13.6 Å². The van der Waals surface area contributed by atoms with Crippen molar-refractivity contribution in [1.29, 1.82) is 0 Å². The third-order valence-corrected chi connectivity index (χ3v) is 5.81. The predicted molar refractivity (Wildman–Crippen MR) is 109 cm³/mol. The van der Waals surface area contributed by atoms with Crippen molar-refractivity contribution in [1.82, 2.24) is 4.57 Å². The Morgan fingerprint density at radius 1 is 1.03 bits per heavy atom.